The molecular weight excluding hydrogens is 350 g/mol. The summed E-state index contributed by atoms with van der Waals surface area (Å²) in [7, 11) is 1.62. The molecule has 6 nitrogen and oxygen atoms in total. The van der Waals surface area contributed by atoms with Crippen LogP contribution in [0.25, 0.3) is 0 Å². The van der Waals surface area contributed by atoms with Crippen LogP contribution in [0.3, 0.4) is 0 Å². The van der Waals surface area contributed by atoms with Gasteiger partial charge in [-0.15, -0.1) is 0 Å². The number of rotatable bonds is 5. The summed E-state index contributed by atoms with van der Waals surface area (Å²) in [4.78, 5) is 32.0. The van der Waals surface area contributed by atoms with E-state index >= 15 is 0 Å². The molecule has 1 aliphatic carbocycles. The van der Waals surface area contributed by atoms with E-state index in [1.807, 2.05) is 29.2 Å². The van der Waals surface area contributed by atoms with Gasteiger partial charge in [0.2, 0.25) is 11.8 Å². The van der Waals surface area contributed by atoms with Gasteiger partial charge in [0.15, 0.2) is 5.13 Å². The molecule has 136 valence electrons. The van der Waals surface area contributed by atoms with Crippen LogP contribution in [0.2, 0.25) is 0 Å². The SMILES string of the molecule is COc1cccc(CC(=O)N2CCc3nc(NC(=O)C4CC4)sc3C2)c1. The number of ether oxygens (including phenoxy) is 1. The zero-order valence-corrected chi connectivity index (χ0v) is 15.5. The van der Waals surface area contributed by atoms with E-state index in [4.69, 9.17) is 4.74 Å². The Morgan fingerprint density at radius 2 is 2.23 bits per heavy atom. The molecule has 1 aliphatic heterocycles. The number of anilines is 1. The normalized spacial score (nSPS) is 16.1. The fourth-order valence-electron chi connectivity index (χ4n) is 3.08. The second-order valence-electron chi connectivity index (χ2n) is 6.75. The van der Waals surface area contributed by atoms with Gasteiger partial charge in [0.25, 0.3) is 0 Å². The highest BCUT2D eigenvalue weighted by Crippen LogP contribution is 2.33. The van der Waals surface area contributed by atoms with Gasteiger partial charge < -0.3 is 15.0 Å². The maximum absolute atomic E-state index is 12.7. The Bertz CT molecular complexity index is 844. The molecule has 0 radical (unpaired) electrons. The number of fused-ring (bicyclic) bond motifs is 1. The molecule has 4 rings (SSSR count). The van der Waals surface area contributed by atoms with Crippen LogP contribution in [0, 0.1) is 5.92 Å². The molecule has 26 heavy (non-hydrogen) atoms. The van der Waals surface area contributed by atoms with E-state index in [1.165, 1.54) is 11.3 Å². The van der Waals surface area contributed by atoms with Crippen molar-refractivity contribution in [3.8, 4) is 5.75 Å². The van der Waals surface area contributed by atoms with Crippen LogP contribution in [0.15, 0.2) is 24.3 Å². The fourth-order valence-corrected chi connectivity index (χ4v) is 4.11. The first-order valence-electron chi connectivity index (χ1n) is 8.82. The number of aromatic nitrogens is 1. The minimum atomic E-state index is 0.0713. The number of carbonyl (C=O) groups excluding carboxylic acids is 2. The first kappa shape index (κ1) is 17.0. The van der Waals surface area contributed by atoms with Crippen LogP contribution < -0.4 is 10.1 Å². The number of thiazole rings is 1. The second kappa shape index (κ2) is 7.07. The number of hydrogen-bond donors (Lipinski definition) is 1. The quantitative estimate of drug-likeness (QED) is 0.877. The Kier molecular flexibility index (Phi) is 4.63. The maximum Gasteiger partial charge on any atom is 0.229 e. The summed E-state index contributed by atoms with van der Waals surface area (Å²) in [5, 5.41) is 3.57. The molecule has 0 atom stereocenters. The lowest BCUT2D eigenvalue weighted by Crippen LogP contribution is -2.36. The molecule has 1 fully saturated rings. The van der Waals surface area contributed by atoms with Crippen molar-refractivity contribution >= 4 is 28.3 Å². The average molecular weight is 371 g/mol. The van der Waals surface area contributed by atoms with Gasteiger partial charge in [0.05, 0.1) is 25.8 Å². The van der Waals surface area contributed by atoms with Gasteiger partial charge >= 0.3 is 0 Å². The van der Waals surface area contributed by atoms with Crippen molar-refractivity contribution in [3.63, 3.8) is 0 Å². The first-order chi connectivity index (χ1) is 12.6. The van der Waals surface area contributed by atoms with Gasteiger partial charge in [-0.05, 0) is 30.5 Å². The third kappa shape index (κ3) is 3.72. The molecule has 2 aliphatic rings. The molecule has 1 aromatic heterocycles. The predicted molar refractivity (Wildman–Crippen MR) is 99.3 cm³/mol. The van der Waals surface area contributed by atoms with Crippen molar-refractivity contribution in [1.29, 1.82) is 0 Å². The second-order valence-corrected chi connectivity index (χ2v) is 7.83. The van der Waals surface area contributed by atoms with Crippen LogP contribution in [-0.4, -0.2) is 35.4 Å². The molecule has 0 spiro atoms. The molecule has 1 aromatic carbocycles. The summed E-state index contributed by atoms with van der Waals surface area (Å²) in [6, 6.07) is 7.60. The van der Waals surface area contributed by atoms with Gasteiger partial charge in [-0.3, -0.25) is 9.59 Å². The van der Waals surface area contributed by atoms with Crippen LogP contribution in [0.1, 0.15) is 29.0 Å². The number of methoxy groups -OCH3 is 1. The summed E-state index contributed by atoms with van der Waals surface area (Å²) < 4.78 is 5.22. The van der Waals surface area contributed by atoms with Crippen molar-refractivity contribution in [2.75, 3.05) is 19.0 Å². The molecule has 0 unspecified atom stereocenters. The first-order valence-corrected chi connectivity index (χ1v) is 9.64. The molecule has 2 amide bonds. The number of nitrogens with one attached hydrogen (secondary N) is 1. The van der Waals surface area contributed by atoms with Crippen LogP contribution in [-0.2, 0) is 29.0 Å². The number of nitrogens with zero attached hydrogens (tertiary/aromatic N) is 2. The van der Waals surface area contributed by atoms with Gasteiger partial charge in [-0.25, -0.2) is 4.98 Å². The fraction of sp³-hybridized carbons (Fsp3) is 0.421. The monoisotopic (exact) mass is 371 g/mol. The maximum atomic E-state index is 12.7. The smallest absolute Gasteiger partial charge is 0.229 e. The number of carbonyl (C=O) groups is 2. The third-order valence-corrected chi connectivity index (χ3v) is 5.75. The topological polar surface area (TPSA) is 71.5 Å². The van der Waals surface area contributed by atoms with Crippen LogP contribution in [0.5, 0.6) is 5.75 Å². The molecule has 2 aromatic rings. The number of amides is 2. The Hall–Kier alpha value is -2.41. The Balaban J connectivity index is 1.40. The standard InChI is InChI=1S/C19H21N3O3S/c1-25-14-4-2-3-12(9-14)10-17(23)22-8-7-15-16(11-22)26-19(20-15)21-18(24)13-5-6-13/h2-4,9,13H,5-8,10-11H2,1H3,(H,20,21,24). The van der Waals surface area contributed by atoms with E-state index in [-0.39, 0.29) is 17.7 Å². The minimum absolute atomic E-state index is 0.0713. The lowest BCUT2D eigenvalue weighted by Gasteiger charge is -2.26. The Morgan fingerprint density at radius 3 is 3.00 bits per heavy atom. The van der Waals surface area contributed by atoms with E-state index in [0.29, 0.717) is 24.6 Å². The molecule has 2 heterocycles. The van der Waals surface area contributed by atoms with Crippen molar-refractivity contribution in [2.24, 2.45) is 5.92 Å². The van der Waals surface area contributed by atoms with Gasteiger partial charge in [0, 0.05) is 23.8 Å². The van der Waals surface area contributed by atoms with Gasteiger partial charge in [-0.2, -0.15) is 0 Å². The highest BCUT2D eigenvalue weighted by atomic mass is 32.1. The van der Waals surface area contributed by atoms with Gasteiger partial charge in [-0.1, -0.05) is 23.5 Å². The van der Waals surface area contributed by atoms with Crippen molar-refractivity contribution in [2.45, 2.75) is 32.2 Å². The van der Waals surface area contributed by atoms with E-state index in [1.54, 1.807) is 7.11 Å². The van der Waals surface area contributed by atoms with E-state index in [0.717, 1.165) is 41.1 Å². The summed E-state index contributed by atoms with van der Waals surface area (Å²) in [5.74, 6) is 1.09. The zero-order valence-electron chi connectivity index (χ0n) is 14.7. The molecule has 1 N–H and O–H groups in total. The molecule has 1 saturated carbocycles. The number of benzene rings is 1. The van der Waals surface area contributed by atoms with Crippen molar-refractivity contribution in [1.82, 2.24) is 9.88 Å². The summed E-state index contributed by atoms with van der Waals surface area (Å²) in [6.45, 7) is 1.23. The lowest BCUT2D eigenvalue weighted by atomic mass is 10.1. The summed E-state index contributed by atoms with van der Waals surface area (Å²) in [6.07, 6.45) is 3.04. The molecule has 0 bridgehead atoms. The molecule has 0 saturated heterocycles. The molecular formula is C19H21N3O3S. The third-order valence-electron chi connectivity index (χ3n) is 4.75. The minimum Gasteiger partial charge on any atom is -0.497 e. The van der Waals surface area contributed by atoms with Gasteiger partial charge in [0.1, 0.15) is 5.75 Å². The Labute approximate surface area is 156 Å². The van der Waals surface area contributed by atoms with E-state index in [9.17, 15) is 9.59 Å². The predicted octanol–water partition coefficient (Wildman–Crippen LogP) is 2.63. The van der Waals surface area contributed by atoms with Crippen LogP contribution in [0.4, 0.5) is 5.13 Å². The highest BCUT2D eigenvalue weighted by molar-refractivity contribution is 7.15. The largest absolute Gasteiger partial charge is 0.497 e. The highest BCUT2D eigenvalue weighted by Gasteiger charge is 2.31. The lowest BCUT2D eigenvalue weighted by molar-refractivity contribution is -0.131. The van der Waals surface area contributed by atoms with Crippen molar-refractivity contribution < 1.29 is 14.3 Å². The summed E-state index contributed by atoms with van der Waals surface area (Å²) in [5.41, 5.74) is 1.95. The van der Waals surface area contributed by atoms with E-state index in [2.05, 4.69) is 10.3 Å². The average Bonchev–Trinajstić information content (AvgIpc) is 3.42. The summed E-state index contributed by atoms with van der Waals surface area (Å²) >= 11 is 1.49. The van der Waals surface area contributed by atoms with Crippen molar-refractivity contribution in [3.05, 3.63) is 40.4 Å². The zero-order chi connectivity index (χ0) is 18.1. The van der Waals surface area contributed by atoms with E-state index < -0.39 is 0 Å². The van der Waals surface area contributed by atoms with Crippen LogP contribution >= 0.6 is 11.3 Å². The number of hydrogen-bond acceptors (Lipinski definition) is 5. The molecule has 7 heteroatoms. The Morgan fingerprint density at radius 1 is 1.38 bits per heavy atom.